The van der Waals surface area contributed by atoms with Crippen molar-refractivity contribution in [2.45, 2.75) is 13.0 Å². The summed E-state index contributed by atoms with van der Waals surface area (Å²) in [6.07, 6.45) is -0.743. The molecule has 0 aromatic heterocycles. The maximum atomic E-state index is 10.7. The molecule has 0 heterocycles. The summed E-state index contributed by atoms with van der Waals surface area (Å²) in [5, 5.41) is 19.3. The van der Waals surface area contributed by atoms with Gasteiger partial charge in [0, 0.05) is 0 Å². The summed E-state index contributed by atoms with van der Waals surface area (Å²) < 4.78 is 9.96. The van der Waals surface area contributed by atoms with Crippen LogP contribution in [0.1, 0.15) is 6.92 Å². The van der Waals surface area contributed by atoms with Gasteiger partial charge in [-0.2, -0.15) is 5.26 Å². The predicted octanol–water partition coefficient (Wildman–Crippen LogP) is 1.89. The van der Waals surface area contributed by atoms with Gasteiger partial charge in [0.25, 0.3) is 0 Å². The maximum Gasteiger partial charge on any atom is 0.314 e. The van der Waals surface area contributed by atoms with Gasteiger partial charge >= 0.3 is 5.69 Å². The molecule has 0 saturated carbocycles. The second kappa shape index (κ2) is 4.98. The molecule has 0 amide bonds. The van der Waals surface area contributed by atoms with E-state index < -0.39 is 11.0 Å². The topological polar surface area (TPSA) is 85.4 Å². The fourth-order valence-corrected chi connectivity index (χ4v) is 1.08. The fraction of sp³-hybridized carbons (Fsp3) is 0.300. The van der Waals surface area contributed by atoms with Crippen molar-refractivity contribution in [3.8, 4) is 17.6 Å². The Labute approximate surface area is 92.2 Å². The largest absolute Gasteiger partial charge is 0.496 e. The van der Waals surface area contributed by atoms with Crippen molar-refractivity contribution in [1.82, 2.24) is 0 Å². The Morgan fingerprint density at radius 1 is 1.56 bits per heavy atom. The highest BCUT2D eigenvalue weighted by Gasteiger charge is 2.18. The van der Waals surface area contributed by atoms with Gasteiger partial charge in [-0.3, -0.25) is 10.1 Å². The first-order chi connectivity index (χ1) is 7.58. The lowest BCUT2D eigenvalue weighted by molar-refractivity contribution is -0.386. The Kier molecular flexibility index (Phi) is 3.67. The van der Waals surface area contributed by atoms with Crippen LogP contribution in [0.4, 0.5) is 5.69 Å². The monoisotopic (exact) mass is 222 g/mol. The number of methoxy groups -OCH3 is 1. The number of nitriles is 1. The van der Waals surface area contributed by atoms with Gasteiger partial charge in [-0.25, -0.2) is 0 Å². The molecule has 0 N–H and O–H groups in total. The Morgan fingerprint density at radius 2 is 2.25 bits per heavy atom. The average molecular weight is 222 g/mol. The molecular weight excluding hydrogens is 212 g/mol. The smallest absolute Gasteiger partial charge is 0.314 e. The lowest BCUT2D eigenvalue weighted by Crippen LogP contribution is -2.09. The highest BCUT2D eigenvalue weighted by molar-refractivity contribution is 5.51. The fourth-order valence-electron chi connectivity index (χ4n) is 1.08. The van der Waals surface area contributed by atoms with Gasteiger partial charge in [-0.05, 0) is 19.1 Å². The SMILES string of the molecule is COc1ccc(OC(C)C#N)c([N+](=O)[O-])c1. The summed E-state index contributed by atoms with van der Waals surface area (Å²) in [4.78, 5) is 10.2. The normalized spacial score (nSPS) is 11.3. The van der Waals surface area contributed by atoms with E-state index in [4.69, 9.17) is 14.7 Å². The first-order valence-corrected chi connectivity index (χ1v) is 4.47. The Bertz CT molecular complexity index is 439. The van der Waals surface area contributed by atoms with Crippen molar-refractivity contribution in [3.63, 3.8) is 0 Å². The number of rotatable bonds is 4. The van der Waals surface area contributed by atoms with Gasteiger partial charge in [0.05, 0.1) is 18.1 Å². The third-order valence-corrected chi connectivity index (χ3v) is 1.85. The number of benzene rings is 1. The van der Waals surface area contributed by atoms with E-state index in [-0.39, 0.29) is 11.4 Å². The van der Waals surface area contributed by atoms with E-state index in [2.05, 4.69) is 0 Å². The Balaban J connectivity index is 3.09. The van der Waals surface area contributed by atoms with Crippen LogP contribution in [-0.2, 0) is 0 Å². The third kappa shape index (κ3) is 2.60. The molecule has 1 atom stereocenters. The summed E-state index contributed by atoms with van der Waals surface area (Å²) in [7, 11) is 1.41. The molecule has 16 heavy (non-hydrogen) atoms. The molecule has 1 aromatic rings. The maximum absolute atomic E-state index is 10.7. The Morgan fingerprint density at radius 3 is 2.75 bits per heavy atom. The highest BCUT2D eigenvalue weighted by Crippen LogP contribution is 2.31. The van der Waals surface area contributed by atoms with Gasteiger partial charge in [-0.1, -0.05) is 0 Å². The van der Waals surface area contributed by atoms with Crippen LogP contribution < -0.4 is 9.47 Å². The minimum Gasteiger partial charge on any atom is -0.496 e. The van der Waals surface area contributed by atoms with E-state index in [9.17, 15) is 10.1 Å². The summed E-state index contributed by atoms with van der Waals surface area (Å²) >= 11 is 0. The summed E-state index contributed by atoms with van der Waals surface area (Å²) in [6, 6.07) is 6.02. The lowest BCUT2D eigenvalue weighted by atomic mass is 10.2. The minimum atomic E-state index is -0.743. The van der Waals surface area contributed by atoms with E-state index in [1.165, 1.54) is 32.2 Å². The number of ether oxygens (including phenoxy) is 2. The molecule has 1 aromatic carbocycles. The van der Waals surface area contributed by atoms with E-state index >= 15 is 0 Å². The zero-order valence-electron chi connectivity index (χ0n) is 8.84. The van der Waals surface area contributed by atoms with Gasteiger partial charge in [0.2, 0.25) is 0 Å². The van der Waals surface area contributed by atoms with E-state index in [1.807, 2.05) is 6.07 Å². The average Bonchev–Trinajstić information content (AvgIpc) is 2.29. The van der Waals surface area contributed by atoms with Crippen LogP contribution in [-0.4, -0.2) is 18.1 Å². The molecule has 0 fully saturated rings. The van der Waals surface area contributed by atoms with Gasteiger partial charge in [-0.15, -0.1) is 0 Å². The van der Waals surface area contributed by atoms with Crippen molar-refractivity contribution >= 4 is 5.69 Å². The van der Waals surface area contributed by atoms with Crippen LogP contribution in [0.5, 0.6) is 11.5 Å². The van der Waals surface area contributed by atoms with Crippen molar-refractivity contribution in [1.29, 1.82) is 5.26 Å². The molecule has 84 valence electrons. The number of hydrogen-bond donors (Lipinski definition) is 0. The van der Waals surface area contributed by atoms with E-state index in [0.29, 0.717) is 5.75 Å². The van der Waals surface area contributed by atoms with Crippen LogP contribution in [0.25, 0.3) is 0 Å². The van der Waals surface area contributed by atoms with Gasteiger partial charge in [0.15, 0.2) is 11.9 Å². The number of nitro groups is 1. The molecule has 1 unspecified atom stereocenters. The molecule has 0 bridgehead atoms. The van der Waals surface area contributed by atoms with Crippen molar-refractivity contribution < 1.29 is 14.4 Å². The molecule has 0 aliphatic carbocycles. The number of hydrogen-bond acceptors (Lipinski definition) is 5. The predicted molar refractivity (Wildman–Crippen MR) is 55.4 cm³/mol. The molecule has 0 spiro atoms. The molecule has 6 heteroatoms. The van der Waals surface area contributed by atoms with Gasteiger partial charge in [0.1, 0.15) is 11.8 Å². The van der Waals surface area contributed by atoms with Crippen molar-refractivity contribution in [2.24, 2.45) is 0 Å². The van der Waals surface area contributed by atoms with Crippen LogP contribution in [0.2, 0.25) is 0 Å². The quantitative estimate of drug-likeness (QED) is 0.573. The van der Waals surface area contributed by atoms with Crippen LogP contribution in [0.15, 0.2) is 18.2 Å². The van der Waals surface area contributed by atoms with E-state index in [0.717, 1.165) is 0 Å². The minimum absolute atomic E-state index is 0.0554. The van der Waals surface area contributed by atoms with Crippen LogP contribution >= 0.6 is 0 Å². The summed E-state index contributed by atoms with van der Waals surface area (Å²) in [5.41, 5.74) is -0.221. The van der Waals surface area contributed by atoms with Crippen molar-refractivity contribution in [3.05, 3.63) is 28.3 Å². The molecule has 1 rings (SSSR count). The first kappa shape index (κ1) is 11.8. The lowest BCUT2D eigenvalue weighted by Gasteiger charge is -2.08. The first-order valence-electron chi connectivity index (χ1n) is 4.47. The zero-order valence-corrected chi connectivity index (χ0v) is 8.84. The highest BCUT2D eigenvalue weighted by atomic mass is 16.6. The zero-order chi connectivity index (χ0) is 12.1. The molecule has 6 nitrogen and oxygen atoms in total. The van der Waals surface area contributed by atoms with Crippen LogP contribution in [0.3, 0.4) is 0 Å². The standard InChI is InChI=1S/C10H10N2O4/c1-7(6-11)16-10-4-3-8(15-2)5-9(10)12(13)14/h3-5,7H,1-2H3. The van der Waals surface area contributed by atoms with Crippen LogP contribution in [0, 0.1) is 21.4 Å². The number of nitrogens with zero attached hydrogens (tertiary/aromatic N) is 2. The third-order valence-electron chi connectivity index (χ3n) is 1.85. The second-order valence-electron chi connectivity index (χ2n) is 2.98. The molecule has 0 saturated heterocycles. The van der Waals surface area contributed by atoms with E-state index in [1.54, 1.807) is 0 Å². The molecule has 0 aliphatic rings. The molecule has 0 radical (unpaired) electrons. The Hall–Kier alpha value is -2.29. The van der Waals surface area contributed by atoms with Gasteiger partial charge < -0.3 is 9.47 Å². The summed E-state index contributed by atoms with van der Waals surface area (Å²) in [5.74, 6) is 0.420. The molecular formula is C10H10N2O4. The second-order valence-corrected chi connectivity index (χ2v) is 2.98. The molecule has 0 aliphatic heterocycles. The number of nitro benzene ring substituents is 1. The van der Waals surface area contributed by atoms with Crippen molar-refractivity contribution in [2.75, 3.05) is 7.11 Å². The summed E-state index contributed by atoms with van der Waals surface area (Å²) in [6.45, 7) is 1.51.